The molecule has 3 atom stereocenters. The van der Waals surface area contributed by atoms with Crippen molar-refractivity contribution in [2.45, 2.75) is 37.4 Å². The lowest BCUT2D eigenvalue weighted by molar-refractivity contribution is -0.0467. The van der Waals surface area contributed by atoms with E-state index in [9.17, 15) is 5.11 Å². The molecule has 2 aromatic carbocycles. The third kappa shape index (κ3) is 3.76. The highest BCUT2D eigenvalue weighted by molar-refractivity contribution is 5.26. The normalized spacial score (nSPS) is 27.8. The first-order valence-corrected chi connectivity index (χ1v) is 8.62. The highest BCUT2D eigenvalue weighted by Gasteiger charge is 2.55. The van der Waals surface area contributed by atoms with Crippen molar-refractivity contribution in [2.75, 3.05) is 6.61 Å². The van der Waals surface area contributed by atoms with Crippen molar-refractivity contribution in [1.29, 1.82) is 0 Å². The molecule has 130 valence electrons. The lowest BCUT2D eigenvalue weighted by Crippen LogP contribution is -2.39. The van der Waals surface area contributed by atoms with Gasteiger partial charge in [-0.15, -0.1) is 0 Å². The summed E-state index contributed by atoms with van der Waals surface area (Å²) in [6.07, 6.45) is 1.41. The molecule has 2 aromatic rings. The number of ether oxygens (including phenoxy) is 3. The summed E-state index contributed by atoms with van der Waals surface area (Å²) in [5.74, 6) is 0.778. The fourth-order valence-electron chi connectivity index (χ4n) is 3.15. The molecule has 0 aromatic heterocycles. The lowest BCUT2D eigenvalue weighted by Gasteiger charge is -2.30. The second-order valence-electron chi connectivity index (χ2n) is 6.62. The summed E-state index contributed by atoms with van der Waals surface area (Å²) in [5.41, 5.74) is 1.73. The predicted molar refractivity (Wildman–Crippen MR) is 93.6 cm³/mol. The van der Waals surface area contributed by atoms with E-state index in [1.807, 2.05) is 66.7 Å². The van der Waals surface area contributed by atoms with Crippen molar-refractivity contribution < 1.29 is 19.3 Å². The number of epoxide rings is 1. The first-order chi connectivity index (χ1) is 12.3. The molecule has 0 radical (unpaired) electrons. The molecule has 0 bridgehead atoms. The van der Waals surface area contributed by atoms with Gasteiger partial charge in [0.25, 0.3) is 0 Å². The minimum atomic E-state index is -0.588. The van der Waals surface area contributed by atoms with Crippen LogP contribution in [0.1, 0.15) is 17.5 Å². The Hall–Kier alpha value is -2.14. The molecule has 4 nitrogen and oxygen atoms in total. The molecule has 1 aliphatic carbocycles. The van der Waals surface area contributed by atoms with Crippen LogP contribution < -0.4 is 0 Å². The van der Waals surface area contributed by atoms with E-state index in [0.717, 1.165) is 16.9 Å². The Balaban J connectivity index is 1.44. The van der Waals surface area contributed by atoms with Gasteiger partial charge < -0.3 is 19.3 Å². The summed E-state index contributed by atoms with van der Waals surface area (Å²) in [7, 11) is 0. The molecule has 0 saturated carbocycles. The maximum Gasteiger partial charge on any atom is 0.151 e. The second kappa shape index (κ2) is 7.00. The molecule has 1 spiro atoms. The molecule has 3 unspecified atom stereocenters. The Kier molecular flexibility index (Phi) is 4.57. The van der Waals surface area contributed by atoms with E-state index in [1.54, 1.807) is 0 Å². The standard InChI is InChI=1S/C21H22O4/c22-18-12-21(15-25-21)20(24-14-17-9-5-2-6-10-17)11-19(18)23-13-16-7-3-1-4-8-16/h1-11,18-19,22H,12-15H2. The Morgan fingerprint density at radius 1 is 0.960 bits per heavy atom. The van der Waals surface area contributed by atoms with Crippen LogP contribution in [0.4, 0.5) is 0 Å². The van der Waals surface area contributed by atoms with Crippen LogP contribution in [0.15, 0.2) is 72.5 Å². The van der Waals surface area contributed by atoms with Crippen molar-refractivity contribution in [3.63, 3.8) is 0 Å². The molecule has 1 heterocycles. The zero-order valence-corrected chi connectivity index (χ0v) is 14.0. The number of hydrogen-bond donors (Lipinski definition) is 1. The van der Waals surface area contributed by atoms with Gasteiger partial charge in [0.15, 0.2) is 5.60 Å². The molecule has 25 heavy (non-hydrogen) atoms. The SMILES string of the molecule is OC1CC2(CO2)C(OCc2ccccc2)=CC1OCc1ccccc1. The van der Waals surface area contributed by atoms with Crippen molar-refractivity contribution >= 4 is 0 Å². The molecule has 2 aliphatic rings. The van der Waals surface area contributed by atoms with Gasteiger partial charge in [-0.3, -0.25) is 0 Å². The maximum atomic E-state index is 10.4. The first-order valence-electron chi connectivity index (χ1n) is 8.62. The van der Waals surface area contributed by atoms with E-state index in [4.69, 9.17) is 14.2 Å². The van der Waals surface area contributed by atoms with Gasteiger partial charge in [0.2, 0.25) is 0 Å². The van der Waals surface area contributed by atoms with E-state index >= 15 is 0 Å². The largest absolute Gasteiger partial charge is 0.490 e. The number of aliphatic hydroxyl groups excluding tert-OH is 1. The van der Waals surface area contributed by atoms with Gasteiger partial charge in [-0.1, -0.05) is 60.7 Å². The number of hydrogen-bond acceptors (Lipinski definition) is 4. The Labute approximate surface area is 147 Å². The van der Waals surface area contributed by atoms with Crippen LogP contribution in [0, 0.1) is 0 Å². The molecule has 1 fully saturated rings. The molecule has 4 rings (SSSR count). The maximum absolute atomic E-state index is 10.4. The van der Waals surface area contributed by atoms with E-state index in [0.29, 0.717) is 26.2 Å². The average molecular weight is 338 g/mol. The third-order valence-electron chi connectivity index (χ3n) is 4.70. The van der Waals surface area contributed by atoms with Crippen molar-refractivity contribution in [3.8, 4) is 0 Å². The Morgan fingerprint density at radius 3 is 2.16 bits per heavy atom. The van der Waals surface area contributed by atoms with Crippen LogP contribution >= 0.6 is 0 Å². The van der Waals surface area contributed by atoms with E-state index in [2.05, 4.69) is 0 Å². The number of benzene rings is 2. The number of rotatable bonds is 6. The topological polar surface area (TPSA) is 51.2 Å². The van der Waals surface area contributed by atoms with E-state index in [-0.39, 0.29) is 6.10 Å². The van der Waals surface area contributed by atoms with Gasteiger partial charge >= 0.3 is 0 Å². The van der Waals surface area contributed by atoms with Crippen LogP contribution in [0.25, 0.3) is 0 Å². The fraction of sp³-hybridized carbons (Fsp3) is 0.333. The van der Waals surface area contributed by atoms with Gasteiger partial charge in [0.1, 0.15) is 18.5 Å². The monoisotopic (exact) mass is 338 g/mol. The summed E-state index contributed by atoms with van der Waals surface area (Å²) in [4.78, 5) is 0. The number of aliphatic hydroxyl groups is 1. The summed E-state index contributed by atoms with van der Waals surface area (Å²) in [6.45, 7) is 1.54. The zero-order valence-electron chi connectivity index (χ0n) is 14.0. The summed E-state index contributed by atoms with van der Waals surface area (Å²) < 4.78 is 17.6. The minimum absolute atomic E-state index is 0.388. The van der Waals surface area contributed by atoms with Crippen LogP contribution in [-0.2, 0) is 27.4 Å². The average Bonchev–Trinajstić information content (AvgIpc) is 3.42. The van der Waals surface area contributed by atoms with Gasteiger partial charge in [-0.2, -0.15) is 0 Å². The molecular weight excluding hydrogens is 316 g/mol. The summed E-state index contributed by atoms with van der Waals surface area (Å²) >= 11 is 0. The minimum Gasteiger partial charge on any atom is -0.490 e. The molecule has 4 heteroatoms. The van der Waals surface area contributed by atoms with Gasteiger partial charge in [0.05, 0.1) is 19.3 Å². The molecular formula is C21H22O4. The highest BCUT2D eigenvalue weighted by atomic mass is 16.6. The third-order valence-corrected chi connectivity index (χ3v) is 4.70. The van der Waals surface area contributed by atoms with Gasteiger partial charge in [-0.25, -0.2) is 0 Å². The lowest BCUT2D eigenvalue weighted by atomic mass is 9.90. The summed E-state index contributed by atoms with van der Waals surface area (Å²) in [6, 6.07) is 20.0. The molecule has 0 amide bonds. The smallest absolute Gasteiger partial charge is 0.151 e. The predicted octanol–water partition coefficient (Wildman–Crippen LogP) is 3.21. The second-order valence-corrected chi connectivity index (χ2v) is 6.62. The quantitative estimate of drug-likeness (QED) is 0.822. The highest BCUT2D eigenvalue weighted by Crippen LogP contribution is 2.44. The van der Waals surface area contributed by atoms with Crippen molar-refractivity contribution in [3.05, 3.63) is 83.6 Å². The summed E-state index contributed by atoms with van der Waals surface area (Å²) in [5, 5.41) is 10.4. The fourth-order valence-corrected chi connectivity index (χ4v) is 3.15. The first kappa shape index (κ1) is 16.3. The molecule has 1 saturated heterocycles. The van der Waals surface area contributed by atoms with E-state index in [1.165, 1.54) is 0 Å². The Bertz CT molecular complexity index is 722. The molecule has 1 aliphatic heterocycles. The van der Waals surface area contributed by atoms with Crippen LogP contribution in [0.2, 0.25) is 0 Å². The van der Waals surface area contributed by atoms with E-state index < -0.39 is 11.7 Å². The van der Waals surface area contributed by atoms with Crippen molar-refractivity contribution in [1.82, 2.24) is 0 Å². The van der Waals surface area contributed by atoms with Crippen molar-refractivity contribution in [2.24, 2.45) is 0 Å². The van der Waals surface area contributed by atoms with Gasteiger partial charge in [-0.05, 0) is 17.2 Å². The van der Waals surface area contributed by atoms with Crippen LogP contribution in [0.5, 0.6) is 0 Å². The zero-order chi connectivity index (χ0) is 17.1. The van der Waals surface area contributed by atoms with Crippen LogP contribution in [-0.4, -0.2) is 29.5 Å². The molecule has 1 N–H and O–H groups in total. The van der Waals surface area contributed by atoms with Crippen LogP contribution in [0.3, 0.4) is 0 Å². The Morgan fingerprint density at radius 2 is 1.56 bits per heavy atom. The van der Waals surface area contributed by atoms with Gasteiger partial charge in [0, 0.05) is 6.42 Å².